The van der Waals surface area contributed by atoms with Crippen molar-refractivity contribution < 1.29 is 5.11 Å². The molecule has 0 saturated carbocycles. The van der Waals surface area contributed by atoms with Gasteiger partial charge in [-0.05, 0) is 31.2 Å². The Labute approximate surface area is 110 Å². The second-order valence-electron chi connectivity index (χ2n) is 3.94. The highest BCUT2D eigenvalue weighted by Crippen LogP contribution is 2.34. The first kappa shape index (κ1) is 12.4. The second-order valence-corrected chi connectivity index (χ2v) is 4.78. The Morgan fingerprint density at radius 3 is 2.65 bits per heavy atom. The quantitative estimate of drug-likeness (QED) is 0.901. The van der Waals surface area contributed by atoms with Crippen LogP contribution >= 0.6 is 23.2 Å². The number of hydrogen-bond donors (Lipinski definition) is 1. The summed E-state index contributed by atoms with van der Waals surface area (Å²) >= 11 is 12.0. The van der Waals surface area contributed by atoms with E-state index in [0.29, 0.717) is 21.2 Å². The molecule has 2 aromatic rings. The third-order valence-corrected chi connectivity index (χ3v) is 3.24. The van der Waals surface area contributed by atoms with Gasteiger partial charge in [-0.1, -0.05) is 29.3 Å². The third kappa shape index (κ3) is 2.44. The first-order valence-corrected chi connectivity index (χ1v) is 5.86. The van der Waals surface area contributed by atoms with Gasteiger partial charge in [0.25, 0.3) is 0 Å². The van der Waals surface area contributed by atoms with Gasteiger partial charge in [0.2, 0.25) is 0 Å². The van der Waals surface area contributed by atoms with Gasteiger partial charge >= 0.3 is 0 Å². The van der Waals surface area contributed by atoms with Crippen molar-refractivity contribution in [1.82, 2.24) is 4.98 Å². The highest BCUT2D eigenvalue weighted by atomic mass is 35.5. The van der Waals surface area contributed by atoms with E-state index in [4.69, 9.17) is 23.2 Å². The smallest absolute Gasteiger partial charge is 0.115 e. The van der Waals surface area contributed by atoms with Crippen LogP contribution in [0.25, 0.3) is 0 Å². The van der Waals surface area contributed by atoms with Gasteiger partial charge in [0.15, 0.2) is 0 Å². The Kier molecular flexibility index (Phi) is 3.38. The third-order valence-electron chi connectivity index (χ3n) is 2.68. The van der Waals surface area contributed by atoms with Crippen LogP contribution in [0.2, 0.25) is 10.0 Å². The molecule has 0 fully saturated rings. The molecule has 1 unspecified atom stereocenters. The van der Waals surface area contributed by atoms with Gasteiger partial charge in [0.05, 0.1) is 0 Å². The molecule has 4 heteroatoms. The molecule has 1 heterocycles. The number of aliphatic hydroxyl groups is 1. The van der Waals surface area contributed by atoms with Crippen LogP contribution in [-0.2, 0) is 5.60 Å². The normalized spacial score (nSPS) is 14.4. The van der Waals surface area contributed by atoms with Gasteiger partial charge in [0.1, 0.15) is 5.60 Å². The maximum absolute atomic E-state index is 10.6. The number of pyridine rings is 1. The highest BCUT2D eigenvalue weighted by molar-refractivity contribution is 6.33. The van der Waals surface area contributed by atoms with Gasteiger partial charge in [-0.25, -0.2) is 0 Å². The van der Waals surface area contributed by atoms with Crippen LogP contribution in [0.4, 0.5) is 0 Å². The molecule has 17 heavy (non-hydrogen) atoms. The molecule has 0 spiro atoms. The molecule has 2 rings (SSSR count). The Bertz CT molecular complexity index is 526. The van der Waals surface area contributed by atoms with E-state index in [1.54, 1.807) is 49.6 Å². The van der Waals surface area contributed by atoms with Crippen LogP contribution in [0.3, 0.4) is 0 Å². The van der Waals surface area contributed by atoms with E-state index < -0.39 is 5.60 Å². The van der Waals surface area contributed by atoms with Gasteiger partial charge in [-0.3, -0.25) is 4.98 Å². The summed E-state index contributed by atoms with van der Waals surface area (Å²) in [5.41, 5.74) is 0.0276. The van der Waals surface area contributed by atoms with E-state index in [1.807, 2.05) is 0 Å². The summed E-state index contributed by atoms with van der Waals surface area (Å²) in [5, 5.41) is 11.6. The maximum atomic E-state index is 10.6. The maximum Gasteiger partial charge on any atom is 0.115 e. The van der Waals surface area contributed by atoms with Crippen molar-refractivity contribution in [1.29, 1.82) is 0 Å². The fraction of sp³-hybridized carbons (Fsp3) is 0.154. The summed E-state index contributed by atoms with van der Waals surface area (Å²) in [7, 11) is 0. The predicted octanol–water partition coefficient (Wildman–Crippen LogP) is 3.64. The number of hydrogen-bond acceptors (Lipinski definition) is 2. The molecule has 1 N–H and O–H groups in total. The van der Waals surface area contributed by atoms with Crippen LogP contribution in [0, 0.1) is 0 Å². The lowest BCUT2D eigenvalue weighted by Crippen LogP contribution is -2.23. The minimum absolute atomic E-state index is 0.475. The molecule has 1 aromatic heterocycles. The second kappa shape index (κ2) is 4.65. The zero-order chi connectivity index (χ0) is 12.5. The first-order chi connectivity index (χ1) is 8.01. The fourth-order valence-electron chi connectivity index (χ4n) is 1.68. The van der Waals surface area contributed by atoms with Crippen LogP contribution < -0.4 is 0 Å². The predicted molar refractivity (Wildman–Crippen MR) is 69.4 cm³/mol. The number of aromatic nitrogens is 1. The van der Waals surface area contributed by atoms with Gasteiger partial charge in [-0.2, -0.15) is 0 Å². The van der Waals surface area contributed by atoms with E-state index in [2.05, 4.69) is 4.98 Å². The first-order valence-electron chi connectivity index (χ1n) is 5.10. The SMILES string of the molecule is CC(O)(c1cccnc1)c1cc(Cl)ccc1Cl. The Morgan fingerprint density at radius 2 is 2.00 bits per heavy atom. The average Bonchev–Trinajstić information content (AvgIpc) is 2.33. The highest BCUT2D eigenvalue weighted by Gasteiger charge is 2.28. The van der Waals surface area contributed by atoms with E-state index in [1.165, 1.54) is 0 Å². The van der Waals surface area contributed by atoms with Gasteiger partial charge in [0, 0.05) is 33.6 Å². The molecule has 0 saturated heterocycles. The Balaban J connectivity index is 2.55. The van der Waals surface area contributed by atoms with Gasteiger partial charge in [-0.15, -0.1) is 0 Å². The Morgan fingerprint density at radius 1 is 1.24 bits per heavy atom. The molecule has 0 aliphatic rings. The molecule has 0 bridgehead atoms. The van der Waals surface area contributed by atoms with Crippen LogP contribution in [0.15, 0.2) is 42.7 Å². The van der Waals surface area contributed by atoms with Crippen molar-refractivity contribution in [3.63, 3.8) is 0 Å². The van der Waals surface area contributed by atoms with Gasteiger partial charge < -0.3 is 5.11 Å². The lowest BCUT2D eigenvalue weighted by molar-refractivity contribution is 0.102. The van der Waals surface area contributed by atoms with E-state index in [-0.39, 0.29) is 0 Å². The standard InChI is InChI=1S/C13H11Cl2NO/c1-13(17,9-3-2-6-16-8-9)11-7-10(14)4-5-12(11)15/h2-8,17H,1H3. The monoisotopic (exact) mass is 267 g/mol. The minimum Gasteiger partial charge on any atom is -0.381 e. The summed E-state index contributed by atoms with van der Waals surface area (Å²) in [6, 6.07) is 8.58. The summed E-state index contributed by atoms with van der Waals surface area (Å²) in [6.07, 6.45) is 3.26. The number of benzene rings is 1. The van der Waals surface area contributed by atoms with Crippen molar-refractivity contribution in [2.24, 2.45) is 0 Å². The molecule has 2 nitrogen and oxygen atoms in total. The van der Waals surface area contributed by atoms with E-state index in [9.17, 15) is 5.11 Å². The molecule has 0 aliphatic carbocycles. The lowest BCUT2D eigenvalue weighted by atomic mass is 9.89. The summed E-state index contributed by atoms with van der Waals surface area (Å²) in [4.78, 5) is 3.99. The van der Waals surface area contributed by atoms with Crippen molar-refractivity contribution in [2.45, 2.75) is 12.5 Å². The van der Waals surface area contributed by atoms with Crippen molar-refractivity contribution >= 4 is 23.2 Å². The average molecular weight is 268 g/mol. The molecule has 0 amide bonds. The molecular weight excluding hydrogens is 257 g/mol. The minimum atomic E-state index is -1.21. The lowest BCUT2D eigenvalue weighted by Gasteiger charge is -2.25. The number of rotatable bonds is 2. The number of nitrogens with zero attached hydrogens (tertiary/aromatic N) is 1. The molecule has 0 radical (unpaired) electrons. The zero-order valence-electron chi connectivity index (χ0n) is 9.19. The van der Waals surface area contributed by atoms with Crippen LogP contribution in [0.1, 0.15) is 18.1 Å². The fourth-order valence-corrected chi connectivity index (χ4v) is 2.15. The molecule has 1 aromatic carbocycles. The zero-order valence-corrected chi connectivity index (χ0v) is 10.7. The van der Waals surface area contributed by atoms with Crippen LogP contribution in [-0.4, -0.2) is 10.1 Å². The molecule has 88 valence electrons. The van der Waals surface area contributed by atoms with Crippen molar-refractivity contribution in [3.05, 3.63) is 63.9 Å². The Hall–Kier alpha value is -1.09. The summed E-state index contributed by atoms with van der Waals surface area (Å²) in [5.74, 6) is 0. The van der Waals surface area contributed by atoms with E-state index >= 15 is 0 Å². The molecular formula is C13H11Cl2NO. The molecule has 1 atom stereocenters. The van der Waals surface area contributed by atoms with Crippen molar-refractivity contribution in [3.8, 4) is 0 Å². The van der Waals surface area contributed by atoms with E-state index in [0.717, 1.165) is 0 Å². The number of halogens is 2. The topological polar surface area (TPSA) is 33.1 Å². The summed E-state index contributed by atoms with van der Waals surface area (Å²) < 4.78 is 0. The molecule has 0 aliphatic heterocycles. The largest absolute Gasteiger partial charge is 0.381 e. The van der Waals surface area contributed by atoms with Crippen molar-refractivity contribution in [2.75, 3.05) is 0 Å². The summed E-state index contributed by atoms with van der Waals surface area (Å²) in [6.45, 7) is 1.67. The van der Waals surface area contributed by atoms with Crippen LogP contribution in [0.5, 0.6) is 0 Å².